The minimum absolute atomic E-state index is 0.720. The Kier molecular flexibility index (Phi) is 8.29. The highest BCUT2D eigenvalue weighted by atomic mass is 31.2. The van der Waals surface area contributed by atoms with E-state index in [-0.39, 0.29) is 0 Å². The first-order valence-corrected chi connectivity index (χ1v) is 8.61. The summed E-state index contributed by atoms with van der Waals surface area (Å²) < 4.78 is 0. The highest BCUT2D eigenvalue weighted by Crippen LogP contribution is 2.25. The maximum atomic E-state index is 9.35. The van der Waals surface area contributed by atoms with Gasteiger partial charge >= 0.3 is 0 Å². The van der Waals surface area contributed by atoms with Gasteiger partial charge in [-0.1, -0.05) is 64.2 Å². The van der Waals surface area contributed by atoms with Crippen LogP contribution in [-0.4, -0.2) is 9.79 Å². The number of hydrogen-bond donors (Lipinski definition) is 2. The molecule has 0 heterocycles. The van der Waals surface area contributed by atoms with Gasteiger partial charge in [-0.3, -0.25) is 0 Å². The molecule has 0 aliphatic carbocycles. The molecule has 0 unspecified atom stereocenters. The average molecular weight is 282 g/mol. The van der Waals surface area contributed by atoms with Crippen LogP contribution in [0.15, 0.2) is 24.3 Å². The summed E-state index contributed by atoms with van der Waals surface area (Å²) in [6.45, 7) is 4.55. The molecule has 19 heavy (non-hydrogen) atoms. The van der Waals surface area contributed by atoms with Crippen LogP contribution in [0, 0.1) is 5.92 Å². The van der Waals surface area contributed by atoms with Gasteiger partial charge in [0.15, 0.2) is 8.38 Å². The highest BCUT2D eigenvalue weighted by molar-refractivity contribution is 7.54. The SMILES string of the molecule is CC(C)CCCCCCCc1ccccc1P(O)O. The fraction of sp³-hybridized carbons (Fsp3) is 0.625. The van der Waals surface area contributed by atoms with Gasteiger partial charge in [-0.05, 0) is 30.4 Å². The fourth-order valence-corrected chi connectivity index (χ4v) is 2.98. The number of benzene rings is 1. The van der Waals surface area contributed by atoms with E-state index in [1.807, 2.05) is 24.3 Å². The summed E-state index contributed by atoms with van der Waals surface area (Å²) >= 11 is 0. The van der Waals surface area contributed by atoms with E-state index in [1.54, 1.807) is 0 Å². The summed E-state index contributed by atoms with van der Waals surface area (Å²) in [5, 5.41) is 0.720. The van der Waals surface area contributed by atoms with Gasteiger partial charge in [-0.25, -0.2) is 0 Å². The van der Waals surface area contributed by atoms with E-state index < -0.39 is 8.38 Å². The van der Waals surface area contributed by atoms with E-state index in [2.05, 4.69) is 13.8 Å². The standard InChI is InChI=1S/C16H27O2P/c1-14(2)10-6-4-3-5-7-11-15-12-8-9-13-16(15)19(17)18/h8-9,12-14,17-18H,3-7,10-11H2,1-2H3. The van der Waals surface area contributed by atoms with E-state index in [1.165, 1.54) is 32.1 Å². The lowest BCUT2D eigenvalue weighted by molar-refractivity contribution is 0.496. The first-order chi connectivity index (χ1) is 9.11. The molecule has 0 bridgehead atoms. The molecule has 0 amide bonds. The third kappa shape index (κ3) is 7.06. The first kappa shape index (κ1) is 16.6. The first-order valence-electron chi connectivity index (χ1n) is 7.37. The molecule has 0 aliphatic rings. The lowest BCUT2D eigenvalue weighted by Gasteiger charge is -2.10. The third-order valence-corrected chi connectivity index (χ3v) is 4.30. The van der Waals surface area contributed by atoms with E-state index >= 15 is 0 Å². The maximum Gasteiger partial charge on any atom is 0.199 e. The van der Waals surface area contributed by atoms with Gasteiger partial charge in [-0.2, -0.15) is 0 Å². The van der Waals surface area contributed by atoms with E-state index in [9.17, 15) is 9.79 Å². The third-order valence-electron chi connectivity index (χ3n) is 3.43. The molecule has 0 atom stereocenters. The smallest absolute Gasteiger partial charge is 0.199 e. The van der Waals surface area contributed by atoms with Gasteiger partial charge in [-0.15, -0.1) is 0 Å². The molecule has 0 fully saturated rings. The molecular formula is C16H27O2P. The van der Waals surface area contributed by atoms with Gasteiger partial charge in [0, 0.05) is 5.30 Å². The average Bonchev–Trinajstić information content (AvgIpc) is 2.37. The predicted octanol–water partition coefficient (Wildman–Crippen LogP) is 4.15. The van der Waals surface area contributed by atoms with Crippen molar-refractivity contribution in [1.82, 2.24) is 0 Å². The quantitative estimate of drug-likeness (QED) is 0.527. The Hall–Kier alpha value is -0.430. The molecule has 3 heteroatoms. The van der Waals surface area contributed by atoms with E-state index in [4.69, 9.17) is 0 Å². The Morgan fingerprint density at radius 1 is 0.947 bits per heavy atom. The van der Waals surface area contributed by atoms with Crippen molar-refractivity contribution in [3.05, 3.63) is 29.8 Å². The van der Waals surface area contributed by atoms with Crippen LogP contribution in [0.3, 0.4) is 0 Å². The van der Waals surface area contributed by atoms with Crippen LogP contribution in [0.25, 0.3) is 0 Å². The van der Waals surface area contributed by atoms with Crippen molar-refractivity contribution in [2.24, 2.45) is 5.92 Å². The molecule has 1 aromatic rings. The van der Waals surface area contributed by atoms with E-state index in [0.717, 1.165) is 29.6 Å². The van der Waals surface area contributed by atoms with Crippen LogP contribution >= 0.6 is 8.38 Å². The summed E-state index contributed by atoms with van der Waals surface area (Å²) in [5.74, 6) is 0.820. The van der Waals surface area contributed by atoms with Crippen molar-refractivity contribution >= 4 is 13.7 Å². The van der Waals surface area contributed by atoms with Crippen molar-refractivity contribution in [1.29, 1.82) is 0 Å². The minimum atomic E-state index is -1.95. The summed E-state index contributed by atoms with van der Waals surface area (Å²) in [6, 6.07) is 7.67. The molecule has 2 N–H and O–H groups in total. The Labute approximate surface area is 118 Å². The second-order valence-electron chi connectivity index (χ2n) is 5.62. The molecule has 0 radical (unpaired) electrons. The fourth-order valence-electron chi connectivity index (χ4n) is 2.32. The topological polar surface area (TPSA) is 40.5 Å². The number of hydrogen-bond acceptors (Lipinski definition) is 2. The maximum absolute atomic E-state index is 9.35. The molecule has 0 spiro atoms. The van der Waals surface area contributed by atoms with Crippen LogP contribution in [0.2, 0.25) is 0 Å². The molecule has 0 aliphatic heterocycles. The zero-order valence-corrected chi connectivity index (χ0v) is 13.1. The van der Waals surface area contributed by atoms with Crippen molar-refractivity contribution in [3.8, 4) is 0 Å². The second-order valence-corrected chi connectivity index (χ2v) is 6.68. The Balaban J connectivity index is 2.19. The Bertz CT molecular complexity index is 350. The molecule has 0 saturated heterocycles. The van der Waals surface area contributed by atoms with Crippen LogP contribution in [0.5, 0.6) is 0 Å². The summed E-state index contributed by atoms with van der Waals surface area (Å²) in [6.07, 6.45) is 8.63. The minimum Gasteiger partial charge on any atom is -0.347 e. The van der Waals surface area contributed by atoms with E-state index in [0.29, 0.717) is 0 Å². The number of rotatable bonds is 9. The van der Waals surface area contributed by atoms with Crippen LogP contribution in [0.1, 0.15) is 57.9 Å². The Morgan fingerprint density at radius 3 is 2.26 bits per heavy atom. The molecule has 1 rings (SSSR count). The summed E-state index contributed by atoms with van der Waals surface area (Å²) in [5.41, 5.74) is 1.10. The predicted molar refractivity (Wildman–Crippen MR) is 83.7 cm³/mol. The zero-order valence-electron chi connectivity index (χ0n) is 12.2. The highest BCUT2D eigenvalue weighted by Gasteiger charge is 2.08. The van der Waals surface area contributed by atoms with Crippen LogP contribution < -0.4 is 5.30 Å². The normalized spacial score (nSPS) is 11.5. The molecular weight excluding hydrogens is 255 g/mol. The molecule has 2 nitrogen and oxygen atoms in total. The largest absolute Gasteiger partial charge is 0.347 e. The van der Waals surface area contributed by atoms with Crippen LogP contribution in [0.4, 0.5) is 0 Å². The number of aryl methyl sites for hydroxylation is 1. The zero-order chi connectivity index (χ0) is 14.1. The summed E-state index contributed by atoms with van der Waals surface area (Å²) in [7, 11) is -1.95. The lowest BCUT2D eigenvalue weighted by atomic mass is 10.0. The van der Waals surface area contributed by atoms with Gasteiger partial charge < -0.3 is 9.79 Å². The molecule has 108 valence electrons. The number of unbranched alkanes of at least 4 members (excludes halogenated alkanes) is 4. The van der Waals surface area contributed by atoms with Crippen molar-refractivity contribution in [2.45, 2.75) is 58.8 Å². The second kappa shape index (κ2) is 9.47. The van der Waals surface area contributed by atoms with Crippen LogP contribution in [-0.2, 0) is 6.42 Å². The van der Waals surface area contributed by atoms with Crippen molar-refractivity contribution < 1.29 is 9.79 Å². The van der Waals surface area contributed by atoms with Crippen molar-refractivity contribution in [2.75, 3.05) is 0 Å². The summed E-state index contributed by atoms with van der Waals surface area (Å²) in [4.78, 5) is 18.7. The molecule has 0 saturated carbocycles. The van der Waals surface area contributed by atoms with Gasteiger partial charge in [0.25, 0.3) is 0 Å². The van der Waals surface area contributed by atoms with Gasteiger partial charge in [0.2, 0.25) is 0 Å². The van der Waals surface area contributed by atoms with Gasteiger partial charge in [0.1, 0.15) is 0 Å². The van der Waals surface area contributed by atoms with Gasteiger partial charge in [0.05, 0.1) is 0 Å². The monoisotopic (exact) mass is 282 g/mol. The molecule has 1 aromatic carbocycles. The lowest BCUT2D eigenvalue weighted by Crippen LogP contribution is -2.07. The Morgan fingerprint density at radius 2 is 1.58 bits per heavy atom. The molecule has 0 aromatic heterocycles. The van der Waals surface area contributed by atoms with Crippen molar-refractivity contribution in [3.63, 3.8) is 0 Å².